The van der Waals surface area contributed by atoms with Gasteiger partial charge in [0.25, 0.3) is 0 Å². The molecule has 1 heterocycles. The van der Waals surface area contributed by atoms with E-state index in [4.69, 9.17) is 27.5 Å². The van der Waals surface area contributed by atoms with Crippen molar-refractivity contribution < 1.29 is 23.8 Å². The highest BCUT2D eigenvalue weighted by Gasteiger charge is 2.17. The molecule has 5 nitrogen and oxygen atoms in total. The van der Waals surface area contributed by atoms with Gasteiger partial charge in [-0.3, -0.25) is 0 Å². The Hall–Kier alpha value is -4.18. The lowest BCUT2D eigenvalue weighted by molar-refractivity contribution is 0.0374. The van der Waals surface area contributed by atoms with Gasteiger partial charge in [0.15, 0.2) is 0 Å². The van der Waals surface area contributed by atoms with Crippen molar-refractivity contribution in [1.82, 2.24) is 4.98 Å². The van der Waals surface area contributed by atoms with Crippen molar-refractivity contribution in [3.05, 3.63) is 106 Å². The van der Waals surface area contributed by atoms with Gasteiger partial charge in [0, 0.05) is 16.5 Å². The molecule has 0 amide bonds. The van der Waals surface area contributed by atoms with Gasteiger partial charge in [-0.05, 0) is 53.6 Å². The Kier molecular flexibility index (Phi) is 7.96. The molecule has 3 aromatic carbocycles. The fourth-order valence-corrected chi connectivity index (χ4v) is 3.76. The molecule has 0 saturated carbocycles. The van der Waals surface area contributed by atoms with Crippen LogP contribution in [0.15, 0.2) is 72.8 Å². The molecule has 1 aromatic heterocycles. The summed E-state index contributed by atoms with van der Waals surface area (Å²) >= 11 is 6.08. The van der Waals surface area contributed by atoms with E-state index in [9.17, 15) is 14.3 Å². The molecule has 0 aliphatic carbocycles. The fourth-order valence-electron chi connectivity index (χ4n) is 3.59. The van der Waals surface area contributed by atoms with Crippen molar-refractivity contribution in [3.8, 4) is 18.1 Å². The van der Waals surface area contributed by atoms with Gasteiger partial charge in [-0.15, -0.1) is 6.42 Å². The number of carbonyl (C=O) groups is 1. The summed E-state index contributed by atoms with van der Waals surface area (Å²) in [7, 11) is 0. The maximum Gasteiger partial charge on any atom is 0.339 e. The number of aromatic nitrogens is 1. The van der Waals surface area contributed by atoms with Gasteiger partial charge >= 0.3 is 5.97 Å². The van der Waals surface area contributed by atoms with Gasteiger partial charge in [-0.2, -0.15) is 0 Å². The Labute approximate surface area is 212 Å². The number of hydrogen-bond donors (Lipinski definition) is 1. The summed E-state index contributed by atoms with van der Waals surface area (Å²) in [6.07, 6.45) is 8.56. The van der Waals surface area contributed by atoms with Crippen LogP contribution in [-0.4, -0.2) is 29.3 Å². The standard InChI is InChI=1S/C29H21ClFNO4/c1-2-14-35-28(18-36-27-17-23(31)10-13-25(27)29(33)34)21-5-3-4-19(15-21)6-11-24-12-8-20-7-9-22(30)16-26(20)32-24/h1,3-13,15-17,28H,14,18H2,(H,33,34)/b11-6+. The van der Waals surface area contributed by atoms with E-state index in [0.29, 0.717) is 5.02 Å². The molecule has 0 saturated heterocycles. The Balaban J connectivity index is 1.55. The Morgan fingerprint density at radius 1 is 1.11 bits per heavy atom. The Morgan fingerprint density at radius 3 is 2.75 bits per heavy atom. The molecule has 1 N–H and O–H groups in total. The van der Waals surface area contributed by atoms with Crippen LogP contribution < -0.4 is 4.74 Å². The van der Waals surface area contributed by atoms with Crippen LogP contribution in [0.2, 0.25) is 5.02 Å². The number of halogens is 2. The van der Waals surface area contributed by atoms with E-state index in [1.807, 2.05) is 66.7 Å². The average molecular weight is 502 g/mol. The summed E-state index contributed by atoms with van der Waals surface area (Å²) in [6, 6.07) is 20.3. The highest BCUT2D eigenvalue weighted by Crippen LogP contribution is 2.25. The zero-order valence-electron chi connectivity index (χ0n) is 19.0. The number of carboxylic acid groups (broad SMARTS) is 1. The van der Waals surface area contributed by atoms with E-state index < -0.39 is 17.9 Å². The van der Waals surface area contributed by atoms with Gasteiger partial charge in [-0.1, -0.05) is 53.9 Å². The molecule has 0 fully saturated rings. The van der Waals surface area contributed by atoms with Crippen LogP contribution >= 0.6 is 11.6 Å². The third-order valence-corrected chi connectivity index (χ3v) is 5.57. The number of rotatable bonds is 9. The fraction of sp³-hybridized carbons (Fsp3) is 0.103. The summed E-state index contributed by atoms with van der Waals surface area (Å²) < 4.78 is 25.1. The van der Waals surface area contributed by atoms with Gasteiger partial charge < -0.3 is 14.6 Å². The normalized spacial score (nSPS) is 11.9. The van der Waals surface area contributed by atoms with Crippen LogP contribution in [0, 0.1) is 18.2 Å². The largest absolute Gasteiger partial charge is 0.489 e. The average Bonchev–Trinajstić information content (AvgIpc) is 2.87. The highest BCUT2D eigenvalue weighted by atomic mass is 35.5. The molecule has 0 bridgehead atoms. The maximum absolute atomic E-state index is 13.7. The van der Waals surface area contributed by atoms with Crippen LogP contribution in [-0.2, 0) is 4.74 Å². The minimum absolute atomic E-state index is 0.0204. The predicted octanol–water partition coefficient (Wildman–Crippen LogP) is 6.67. The maximum atomic E-state index is 13.7. The topological polar surface area (TPSA) is 68.7 Å². The minimum Gasteiger partial charge on any atom is -0.489 e. The van der Waals surface area contributed by atoms with Gasteiger partial charge in [0.2, 0.25) is 0 Å². The first-order valence-corrected chi connectivity index (χ1v) is 11.4. The van der Waals surface area contributed by atoms with E-state index in [1.165, 1.54) is 0 Å². The SMILES string of the molecule is C#CCOC(COc1cc(F)ccc1C(=O)O)c1cccc(/C=C/c2ccc3ccc(Cl)cc3n2)c1. The molecule has 0 aliphatic rings. The number of benzene rings is 3. The second kappa shape index (κ2) is 11.5. The zero-order chi connectivity index (χ0) is 25.5. The van der Waals surface area contributed by atoms with Crippen molar-refractivity contribution in [3.63, 3.8) is 0 Å². The summed E-state index contributed by atoms with van der Waals surface area (Å²) in [6.45, 7) is -0.0435. The third kappa shape index (κ3) is 6.28. The molecule has 7 heteroatoms. The van der Waals surface area contributed by atoms with Crippen molar-refractivity contribution in [2.45, 2.75) is 6.10 Å². The van der Waals surface area contributed by atoms with Crippen LogP contribution in [0.5, 0.6) is 5.75 Å². The molecule has 180 valence electrons. The number of ether oxygens (including phenoxy) is 2. The van der Waals surface area contributed by atoms with Crippen LogP contribution in [0.25, 0.3) is 23.1 Å². The molecule has 0 aliphatic heterocycles. The molecular weight excluding hydrogens is 481 g/mol. The van der Waals surface area contributed by atoms with Crippen molar-refractivity contribution in [2.75, 3.05) is 13.2 Å². The molecule has 4 aromatic rings. The van der Waals surface area contributed by atoms with E-state index in [1.54, 1.807) is 0 Å². The Bertz CT molecular complexity index is 1480. The molecule has 0 radical (unpaired) electrons. The number of aromatic carboxylic acids is 1. The zero-order valence-corrected chi connectivity index (χ0v) is 19.8. The number of pyridine rings is 1. The lowest BCUT2D eigenvalue weighted by Crippen LogP contribution is -2.16. The van der Waals surface area contributed by atoms with Gasteiger partial charge in [-0.25, -0.2) is 14.2 Å². The van der Waals surface area contributed by atoms with E-state index >= 15 is 0 Å². The molecule has 1 atom stereocenters. The quantitative estimate of drug-likeness (QED) is 0.259. The number of hydrogen-bond acceptors (Lipinski definition) is 4. The number of nitrogens with zero attached hydrogens (tertiary/aromatic N) is 1. The third-order valence-electron chi connectivity index (χ3n) is 5.34. The Morgan fingerprint density at radius 2 is 1.94 bits per heavy atom. The minimum atomic E-state index is -1.22. The highest BCUT2D eigenvalue weighted by molar-refractivity contribution is 6.31. The summed E-state index contributed by atoms with van der Waals surface area (Å²) in [5.41, 5.74) is 3.07. The summed E-state index contributed by atoms with van der Waals surface area (Å²) in [5, 5.41) is 11.0. The van der Waals surface area contributed by atoms with Crippen LogP contribution in [0.1, 0.15) is 33.3 Å². The molecule has 4 rings (SSSR count). The monoisotopic (exact) mass is 501 g/mol. The first kappa shape index (κ1) is 24.9. The first-order valence-electron chi connectivity index (χ1n) is 11.0. The second-order valence-corrected chi connectivity index (χ2v) is 8.27. The van der Waals surface area contributed by atoms with Crippen molar-refractivity contribution >= 4 is 40.6 Å². The van der Waals surface area contributed by atoms with Crippen molar-refractivity contribution in [1.29, 1.82) is 0 Å². The van der Waals surface area contributed by atoms with Gasteiger partial charge in [0.1, 0.15) is 36.4 Å². The number of fused-ring (bicyclic) bond motifs is 1. The van der Waals surface area contributed by atoms with Crippen molar-refractivity contribution in [2.24, 2.45) is 0 Å². The molecular formula is C29H21ClFNO4. The smallest absolute Gasteiger partial charge is 0.339 e. The van der Waals surface area contributed by atoms with E-state index in [2.05, 4.69) is 10.9 Å². The van der Waals surface area contributed by atoms with E-state index in [0.717, 1.165) is 45.9 Å². The second-order valence-electron chi connectivity index (χ2n) is 7.84. The van der Waals surface area contributed by atoms with Crippen LogP contribution in [0.4, 0.5) is 4.39 Å². The molecule has 36 heavy (non-hydrogen) atoms. The van der Waals surface area contributed by atoms with E-state index in [-0.39, 0.29) is 24.5 Å². The predicted molar refractivity (Wildman–Crippen MR) is 139 cm³/mol. The molecule has 0 spiro atoms. The summed E-state index contributed by atoms with van der Waals surface area (Å²) in [4.78, 5) is 16.1. The van der Waals surface area contributed by atoms with Gasteiger partial charge in [0.05, 0.1) is 11.2 Å². The van der Waals surface area contributed by atoms with Crippen LogP contribution in [0.3, 0.4) is 0 Å². The lowest BCUT2D eigenvalue weighted by atomic mass is 10.1. The number of terminal acetylenes is 1. The first-order chi connectivity index (χ1) is 17.4. The number of carboxylic acids is 1. The molecule has 1 unspecified atom stereocenters. The lowest BCUT2D eigenvalue weighted by Gasteiger charge is -2.19. The summed E-state index contributed by atoms with van der Waals surface area (Å²) in [5.74, 6) is 0.510.